The summed E-state index contributed by atoms with van der Waals surface area (Å²) in [5.41, 5.74) is 0. The summed E-state index contributed by atoms with van der Waals surface area (Å²) in [7, 11) is 0. The number of alkyl halides is 1. The van der Waals surface area contributed by atoms with Gasteiger partial charge in [0.25, 0.3) is 0 Å². The van der Waals surface area contributed by atoms with Gasteiger partial charge in [-0.15, -0.1) is 0 Å². The second-order valence-corrected chi connectivity index (χ2v) is 4.60. The number of nitrogens with zero attached hydrogens (tertiary/aromatic N) is 1. The van der Waals surface area contributed by atoms with E-state index in [9.17, 15) is 4.39 Å². The minimum atomic E-state index is -0.108. The molecule has 2 rings (SSSR count). The highest BCUT2D eigenvalue weighted by Gasteiger charge is 2.28. The third kappa shape index (κ3) is 2.22. The van der Waals surface area contributed by atoms with Crippen molar-refractivity contribution in [2.24, 2.45) is 5.92 Å². The van der Waals surface area contributed by atoms with Gasteiger partial charge in [0.2, 0.25) is 0 Å². The smallest absolute Gasteiger partial charge is 0.0935 e. The molecule has 0 N–H and O–H groups in total. The van der Waals surface area contributed by atoms with Gasteiger partial charge in [0.05, 0.1) is 6.67 Å². The molecule has 1 heterocycles. The highest BCUT2D eigenvalue weighted by Crippen LogP contribution is 2.27. The maximum Gasteiger partial charge on any atom is 0.0935 e. The standard InChI is InChI=1S/C11H20FN/c12-8-10-6-7-13(9-10)11-4-2-1-3-5-11/h10-11H,1-9H2. The highest BCUT2D eigenvalue weighted by atomic mass is 19.1. The molecule has 0 bridgehead atoms. The van der Waals surface area contributed by atoms with Gasteiger partial charge in [0.15, 0.2) is 0 Å². The minimum Gasteiger partial charge on any atom is -0.300 e. The van der Waals surface area contributed by atoms with Crippen LogP contribution in [0.25, 0.3) is 0 Å². The molecule has 13 heavy (non-hydrogen) atoms. The largest absolute Gasteiger partial charge is 0.300 e. The van der Waals surface area contributed by atoms with Crippen molar-refractivity contribution in [1.29, 1.82) is 0 Å². The van der Waals surface area contributed by atoms with Crippen molar-refractivity contribution in [2.75, 3.05) is 19.8 Å². The molecule has 0 aromatic carbocycles. The van der Waals surface area contributed by atoms with Crippen molar-refractivity contribution in [3.05, 3.63) is 0 Å². The van der Waals surface area contributed by atoms with Gasteiger partial charge >= 0.3 is 0 Å². The zero-order chi connectivity index (χ0) is 9.10. The van der Waals surface area contributed by atoms with E-state index in [1.165, 1.54) is 32.1 Å². The summed E-state index contributed by atoms with van der Waals surface area (Å²) < 4.78 is 12.4. The van der Waals surface area contributed by atoms with Crippen LogP contribution in [0.2, 0.25) is 0 Å². The fraction of sp³-hybridized carbons (Fsp3) is 1.00. The summed E-state index contributed by atoms with van der Waals surface area (Å²) in [6.45, 7) is 2.07. The Hall–Kier alpha value is -0.110. The molecular weight excluding hydrogens is 165 g/mol. The molecule has 0 aromatic heterocycles. The normalized spacial score (nSPS) is 32.5. The number of likely N-dealkylation sites (tertiary alicyclic amines) is 1. The van der Waals surface area contributed by atoms with E-state index in [1.54, 1.807) is 0 Å². The van der Waals surface area contributed by atoms with Crippen LogP contribution in [-0.4, -0.2) is 30.7 Å². The molecule has 0 spiro atoms. The van der Waals surface area contributed by atoms with Gasteiger partial charge in [-0.2, -0.15) is 0 Å². The fourth-order valence-corrected chi connectivity index (χ4v) is 2.77. The summed E-state index contributed by atoms with van der Waals surface area (Å²) in [5.74, 6) is 0.349. The topological polar surface area (TPSA) is 3.24 Å². The zero-order valence-corrected chi connectivity index (χ0v) is 8.34. The van der Waals surface area contributed by atoms with Crippen molar-refractivity contribution >= 4 is 0 Å². The molecule has 2 fully saturated rings. The average molecular weight is 185 g/mol. The summed E-state index contributed by atoms with van der Waals surface area (Å²) in [4.78, 5) is 2.53. The molecule has 2 aliphatic rings. The van der Waals surface area contributed by atoms with Crippen LogP contribution >= 0.6 is 0 Å². The Balaban J connectivity index is 1.80. The van der Waals surface area contributed by atoms with Gasteiger partial charge in [-0.05, 0) is 25.8 Å². The van der Waals surface area contributed by atoms with Crippen LogP contribution in [0.1, 0.15) is 38.5 Å². The van der Waals surface area contributed by atoms with Crippen molar-refractivity contribution in [3.63, 3.8) is 0 Å². The average Bonchev–Trinajstić information content (AvgIpc) is 2.67. The summed E-state index contributed by atoms with van der Waals surface area (Å²) in [6, 6.07) is 0.797. The Morgan fingerprint density at radius 3 is 2.46 bits per heavy atom. The first-order chi connectivity index (χ1) is 6.40. The molecule has 0 amide bonds. The maximum absolute atomic E-state index is 12.4. The Morgan fingerprint density at radius 1 is 1.08 bits per heavy atom. The van der Waals surface area contributed by atoms with Crippen molar-refractivity contribution < 1.29 is 4.39 Å². The molecule has 1 saturated carbocycles. The number of rotatable bonds is 2. The van der Waals surface area contributed by atoms with Crippen LogP contribution in [-0.2, 0) is 0 Å². The lowest BCUT2D eigenvalue weighted by Crippen LogP contribution is -2.35. The first-order valence-electron chi connectivity index (χ1n) is 5.70. The van der Waals surface area contributed by atoms with E-state index in [0.717, 1.165) is 25.6 Å². The molecule has 1 aliphatic carbocycles. The van der Waals surface area contributed by atoms with Gasteiger partial charge in [-0.1, -0.05) is 19.3 Å². The SMILES string of the molecule is FCC1CCN(C2CCCCC2)C1. The molecule has 76 valence electrons. The van der Waals surface area contributed by atoms with E-state index in [0.29, 0.717) is 5.92 Å². The summed E-state index contributed by atoms with van der Waals surface area (Å²) >= 11 is 0. The van der Waals surface area contributed by atoms with Crippen LogP contribution < -0.4 is 0 Å². The fourth-order valence-electron chi connectivity index (χ4n) is 2.77. The van der Waals surface area contributed by atoms with E-state index in [1.807, 2.05) is 0 Å². The Morgan fingerprint density at radius 2 is 1.85 bits per heavy atom. The number of hydrogen-bond donors (Lipinski definition) is 0. The van der Waals surface area contributed by atoms with Crippen molar-refractivity contribution in [2.45, 2.75) is 44.6 Å². The predicted octanol–water partition coefficient (Wildman–Crippen LogP) is 2.61. The third-order valence-electron chi connectivity index (χ3n) is 3.63. The van der Waals surface area contributed by atoms with Gasteiger partial charge in [-0.25, -0.2) is 0 Å². The Labute approximate surface area is 80.3 Å². The maximum atomic E-state index is 12.4. The van der Waals surface area contributed by atoms with Crippen molar-refractivity contribution in [1.82, 2.24) is 4.90 Å². The highest BCUT2D eigenvalue weighted by molar-refractivity contribution is 4.82. The third-order valence-corrected chi connectivity index (χ3v) is 3.63. The first-order valence-corrected chi connectivity index (χ1v) is 5.70. The van der Waals surface area contributed by atoms with Crippen molar-refractivity contribution in [3.8, 4) is 0 Å². The lowest BCUT2D eigenvalue weighted by Gasteiger charge is -2.30. The van der Waals surface area contributed by atoms with Crippen LogP contribution in [0.15, 0.2) is 0 Å². The quantitative estimate of drug-likeness (QED) is 0.639. The van der Waals surface area contributed by atoms with E-state index < -0.39 is 0 Å². The van der Waals surface area contributed by atoms with Crippen LogP contribution in [0.4, 0.5) is 4.39 Å². The molecule has 0 aromatic rings. The second kappa shape index (κ2) is 4.41. The van der Waals surface area contributed by atoms with E-state index in [4.69, 9.17) is 0 Å². The monoisotopic (exact) mass is 185 g/mol. The lowest BCUT2D eigenvalue weighted by atomic mass is 9.94. The predicted molar refractivity (Wildman–Crippen MR) is 52.5 cm³/mol. The summed E-state index contributed by atoms with van der Waals surface area (Å²) in [6.07, 6.45) is 8.00. The molecule has 2 heteroatoms. The molecule has 0 radical (unpaired) electrons. The Bertz CT molecular complexity index is 154. The van der Waals surface area contributed by atoms with Gasteiger partial charge in [0, 0.05) is 18.5 Å². The second-order valence-electron chi connectivity index (χ2n) is 4.60. The van der Waals surface area contributed by atoms with Crippen LogP contribution in [0, 0.1) is 5.92 Å². The van der Waals surface area contributed by atoms with Crippen LogP contribution in [0.3, 0.4) is 0 Å². The van der Waals surface area contributed by atoms with E-state index in [-0.39, 0.29) is 6.67 Å². The molecule has 1 atom stereocenters. The molecule has 1 unspecified atom stereocenters. The lowest BCUT2D eigenvalue weighted by molar-refractivity contribution is 0.181. The molecule has 1 nitrogen and oxygen atoms in total. The van der Waals surface area contributed by atoms with E-state index in [2.05, 4.69) is 4.90 Å². The molecule has 1 saturated heterocycles. The zero-order valence-electron chi connectivity index (χ0n) is 8.34. The number of hydrogen-bond acceptors (Lipinski definition) is 1. The molecular formula is C11H20FN. The van der Waals surface area contributed by atoms with Gasteiger partial charge in [0.1, 0.15) is 0 Å². The van der Waals surface area contributed by atoms with Gasteiger partial charge in [-0.3, -0.25) is 4.39 Å². The van der Waals surface area contributed by atoms with Crippen LogP contribution in [0.5, 0.6) is 0 Å². The number of halogens is 1. The Kier molecular flexibility index (Phi) is 3.20. The summed E-state index contributed by atoms with van der Waals surface area (Å²) in [5, 5.41) is 0. The first kappa shape index (κ1) is 9.45. The minimum absolute atomic E-state index is 0.108. The molecule has 1 aliphatic heterocycles. The van der Waals surface area contributed by atoms with Gasteiger partial charge < -0.3 is 4.90 Å². The van der Waals surface area contributed by atoms with E-state index >= 15 is 0 Å².